The zero-order chi connectivity index (χ0) is 26.7. The molecule has 0 aliphatic heterocycles. The van der Waals surface area contributed by atoms with Gasteiger partial charge in [-0.25, -0.2) is 10.2 Å². The van der Waals surface area contributed by atoms with Gasteiger partial charge in [-0.15, -0.1) is 0 Å². The molecule has 0 saturated carbocycles. The maximum atomic E-state index is 12.7. The van der Waals surface area contributed by atoms with Crippen molar-refractivity contribution >= 4 is 51.5 Å². The monoisotopic (exact) mass is 581 g/mol. The molecule has 0 heterocycles. The number of amides is 2. The van der Waals surface area contributed by atoms with Gasteiger partial charge in [-0.05, 0) is 77.7 Å². The van der Waals surface area contributed by atoms with Gasteiger partial charge in [0, 0.05) is 10.6 Å². The van der Waals surface area contributed by atoms with E-state index in [1.807, 2.05) is 20.8 Å². The molecule has 0 radical (unpaired) electrons. The summed E-state index contributed by atoms with van der Waals surface area (Å²) in [6.07, 6.45) is 1.43. The van der Waals surface area contributed by atoms with E-state index in [0.29, 0.717) is 38.7 Å². The maximum absolute atomic E-state index is 12.7. The fourth-order valence-electron chi connectivity index (χ4n) is 3.00. The summed E-state index contributed by atoms with van der Waals surface area (Å²) in [6.45, 7) is 7.51. The lowest BCUT2D eigenvalue weighted by molar-refractivity contribution is -0.145. The third-order valence-corrected chi connectivity index (χ3v) is 5.54. The highest BCUT2D eigenvalue weighted by molar-refractivity contribution is 9.10. The number of nitrogens with zero attached hydrogens (tertiary/aromatic N) is 1. The summed E-state index contributed by atoms with van der Waals surface area (Å²) < 4.78 is 16.6. The molecule has 2 aromatic carbocycles. The molecule has 2 amide bonds. The molecular formula is C25H29BrClN3O6. The molecule has 2 rings (SSSR count). The van der Waals surface area contributed by atoms with Gasteiger partial charge in [0.05, 0.1) is 23.9 Å². The van der Waals surface area contributed by atoms with Gasteiger partial charge in [-0.2, -0.15) is 5.10 Å². The van der Waals surface area contributed by atoms with Crippen LogP contribution in [0, 0.1) is 5.92 Å². The van der Waals surface area contributed by atoms with Crippen LogP contribution in [-0.4, -0.2) is 49.9 Å². The van der Waals surface area contributed by atoms with Crippen LogP contribution < -0.4 is 20.2 Å². The van der Waals surface area contributed by atoms with Crippen LogP contribution in [0.5, 0.6) is 11.5 Å². The van der Waals surface area contributed by atoms with E-state index < -0.39 is 23.8 Å². The Morgan fingerprint density at radius 3 is 2.39 bits per heavy atom. The van der Waals surface area contributed by atoms with Crippen LogP contribution in [-0.2, 0) is 14.3 Å². The molecule has 0 saturated heterocycles. The fraction of sp³-hybridized carbons (Fsp3) is 0.360. The van der Waals surface area contributed by atoms with E-state index in [0.717, 1.165) is 0 Å². The lowest BCUT2D eigenvalue weighted by atomic mass is 10.0. The molecule has 0 spiro atoms. The summed E-state index contributed by atoms with van der Waals surface area (Å²) in [6, 6.07) is 8.92. The minimum Gasteiger partial charge on any atom is -0.490 e. The van der Waals surface area contributed by atoms with Crippen molar-refractivity contribution in [3.63, 3.8) is 0 Å². The predicted molar refractivity (Wildman–Crippen MR) is 141 cm³/mol. The van der Waals surface area contributed by atoms with Gasteiger partial charge >= 0.3 is 5.97 Å². The number of benzene rings is 2. The smallest absolute Gasteiger partial charge is 0.344 e. The number of ether oxygens (including phenoxy) is 3. The predicted octanol–water partition coefficient (Wildman–Crippen LogP) is 4.35. The van der Waals surface area contributed by atoms with Crippen molar-refractivity contribution in [3.05, 3.63) is 57.0 Å². The van der Waals surface area contributed by atoms with E-state index in [4.69, 9.17) is 25.8 Å². The van der Waals surface area contributed by atoms with Gasteiger partial charge in [0.25, 0.3) is 11.8 Å². The first-order chi connectivity index (χ1) is 17.2. The van der Waals surface area contributed by atoms with Gasteiger partial charge in [-0.3, -0.25) is 9.59 Å². The van der Waals surface area contributed by atoms with Crippen LogP contribution in [0.4, 0.5) is 0 Å². The number of halogens is 2. The van der Waals surface area contributed by atoms with Crippen LogP contribution in [0.3, 0.4) is 0 Å². The van der Waals surface area contributed by atoms with Gasteiger partial charge in [0.2, 0.25) is 0 Å². The third kappa shape index (κ3) is 8.83. The summed E-state index contributed by atoms with van der Waals surface area (Å²) in [5, 5.41) is 7.26. The second kappa shape index (κ2) is 14.4. The van der Waals surface area contributed by atoms with E-state index in [9.17, 15) is 14.4 Å². The average molecular weight is 583 g/mol. The van der Waals surface area contributed by atoms with E-state index >= 15 is 0 Å². The Bertz CT molecular complexity index is 1090. The van der Waals surface area contributed by atoms with Crippen LogP contribution in [0.25, 0.3) is 0 Å². The quantitative estimate of drug-likeness (QED) is 0.218. The van der Waals surface area contributed by atoms with Gasteiger partial charge in [-0.1, -0.05) is 25.4 Å². The third-order valence-electron chi connectivity index (χ3n) is 4.70. The lowest BCUT2D eigenvalue weighted by Crippen LogP contribution is -2.48. The SMILES string of the molecule is CCOC(=O)COc1c(Br)cc(/C=N/NC(=O)C(NC(=O)c2ccc(Cl)cc2)C(C)C)cc1OCC. The van der Waals surface area contributed by atoms with Gasteiger partial charge in [0.1, 0.15) is 6.04 Å². The number of hydrogen-bond donors (Lipinski definition) is 2. The summed E-state index contributed by atoms with van der Waals surface area (Å²) in [4.78, 5) is 36.9. The van der Waals surface area contributed by atoms with Crippen molar-refractivity contribution in [2.75, 3.05) is 19.8 Å². The van der Waals surface area contributed by atoms with Crippen LogP contribution >= 0.6 is 27.5 Å². The number of hydrazone groups is 1. The number of carbonyl (C=O) groups is 3. The normalized spacial score (nSPS) is 11.8. The number of rotatable bonds is 12. The highest BCUT2D eigenvalue weighted by atomic mass is 79.9. The first kappa shape index (κ1) is 29.1. The second-order valence-corrected chi connectivity index (χ2v) is 9.08. The van der Waals surface area contributed by atoms with Crippen molar-refractivity contribution < 1.29 is 28.6 Å². The molecule has 2 aromatic rings. The number of carbonyl (C=O) groups excluding carboxylic acids is 3. The maximum Gasteiger partial charge on any atom is 0.344 e. The van der Waals surface area contributed by atoms with Crippen LogP contribution in [0.15, 0.2) is 46.0 Å². The Hall–Kier alpha value is -3.11. The Morgan fingerprint density at radius 2 is 1.78 bits per heavy atom. The molecule has 0 fully saturated rings. The fourth-order valence-corrected chi connectivity index (χ4v) is 3.70. The van der Waals surface area contributed by atoms with Crippen molar-refractivity contribution in [2.24, 2.45) is 11.0 Å². The number of hydrogen-bond acceptors (Lipinski definition) is 7. The number of esters is 1. The van der Waals surface area contributed by atoms with Crippen molar-refractivity contribution in [1.82, 2.24) is 10.7 Å². The molecule has 1 atom stereocenters. The van der Waals surface area contributed by atoms with E-state index in [1.54, 1.807) is 43.3 Å². The zero-order valence-electron chi connectivity index (χ0n) is 20.5. The molecule has 1 unspecified atom stereocenters. The van der Waals surface area contributed by atoms with Gasteiger partial charge < -0.3 is 19.5 Å². The van der Waals surface area contributed by atoms with Gasteiger partial charge in [0.15, 0.2) is 18.1 Å². The average Bonchev–Trinajstić information content (AvgIpc) is 2.82. The highest BCUT2D eigenvalue weighted by Gasteiger charge is 2.24. The molecule has 36 heavy (non-hydrogen) atoms. The van der Waals surface area contributed by atoms with Crippen molar-refractivity contribution in [1.29, 1.82) is 0 Å². The summed E-state index contributed by atoms with van der Waals surface area (Å²) in [7, 11) is 0. The molecule has 194 valence electrons. The second-order valence-electron chi connectivity index (χ2n) is 7.79. The molecular weight excluding hydrogens is 554 g/mol. The summed E-state index contributed by atoms with van der Waals surface area (Å²) in [5.74, 6) is -0.820. The first-order valence-corrected chi connectivity index (χ1v) is 12.5. The summed E-state index contributed by atoms with van der Waals surface area (Å²) in [5.41, 5.74) is 3.45. The summed E-state index contributed by atoms with van der Waals surface area (Å²) >= 11 is 9.28. The minimum atomic E-state index is -0.810. The molecule has 11 heteroatoms. The zero-order valence-corrected chi connectivity index (χ0v) is 22.8. The van der Waals surface area contributed by atoms with E-state index in [-0.39, 0.29) is 19.1 Å². The Morgan fingerprint density at radius 1 is 1.08 bits per heavy atom. The topological polar surface area (TPSA) is 115 Å². The van der Waals surface area contributed by atoms with Crippen LogP contribution in [0.1, 0.15) is 43.6 Å². The first-order valence-electron chi connectivity index (χ1n) is 11.3. The van der Waals surface area contributed by atoms with E-state index in [1.165, 1.54) is 6.21 Å². The largest absolute Gasteiger partial charge is 0.490 e. The molecule has 0 aliphatic carbocycles. The van der Waals surface area contributed by atoms with Crippen LogP contribution in [0.2, 0.25) is 5.02 Å². The molecule has 9 nitrogen and oxygen atoms in total. The van der Waals surface area contributed by atoms with E-state index in [2.05, 4.69) is 31.8 Å². The Kier molecular flexibility index (Phi) is 11.7. The molecule has 2 N–H and O–H groups in total. The Balaban J connectivity index is 2.09. The molecule has 0 bridgehead atoms. The molecule has 0 aliphatic rings. The highest BCUT2D eigenvalue weighted by Crippen LogP contribution is 2.36. The molecule has 0 aromatic heterocycles. The Labute approximate surface area is 223 Å². The minimum absolute atomic E-state index is 0.189. The standard InChI is InChI=1S/C25H29BrClN3O6/c1-5-34-20-12-16(11-19(26)23(20)36-14-21(31)35-6-2)13-28-30-25(33)22(15(3)4)29-24(32)17-7-9-18(27)10-8-17/h7-13,15,22H,5-6,14H2,1-4H3,(H,29,32)(H,30,33)/b28-13+. The lowest BCUT2D eigenvalue weighted by Gasteiger charge is -2.20. The van der Waals surface area contributed by atoms with Crippen molar-refractivity contribution in [2.45, 2.75) is 33.7 Å². The number of nitrogens with one attached hydrogen (secondary N) is 2. The van der Waals surface area contributed by atoms with Crippen molar-refractivity contribution in [3.8, 4) is 11.5 Å².